The molecule has 0 unspecified atom stereocenters. The molecule has 0 nitrogen and oxygen atoms in total. The van der Waals surface area contributed by atoms with Gasteiger partial charge in [0, 0.05) is 0 Å². The van der Waals surface area contributed by atoms with Crippen LogP contribution in [0.25, 0.3) is 0 Å². The molecule has 0 heterocycles. The Bertz CT molecular complexity index is 276. The molecule has 0 aromatic rings. The Labute approximate surface area is 109 Å². The maximum atomic E-state index is 3.95. The van der Waals surface area contributed by atoms with Crippen LogP contribution in [0, 0.1) is 10.8 Å². The Kier molecular flexibility index (Phi) is 6.52. The molecule has 0 bridgehead atoms. The summed E-state index contributed by atoms with van der Waals surface area (Å²) in [5.41, 5.74) is 1.94. The molecule has 0 aliphatic rings. The van der Waals surface area contributed by atoms with Gasteiger partial charge in [-0.05, 0) is 30.1 Å². The van der Waals surface area contributed by atoms with Gasteiger partial charge in [0.05, 0.1) is 0 Å². The monoisotopic (exact) mass is 234 g/mol. The van der Waals surface area contributed by atoms with Crippen molar-refractivity contribution in [2.24, 2.45) is 10.8 Å². The maximum absolute atomic E-state index is 3.95. The van der Waals surface area contributed by atoms with Crippen LogP contribution in [0.5, 0.6) is 0 Å². The second-order valence-corrected chi connectivity index (χ2v) is 6.26. The first-order valence-electron chi connectivity index (χ1n) is 6.73. The van der Waals surface area contributed by atoms with Crippen molar-refractivity contribution in [2.75, 3.05) is 0 Å². The molecule has 0 fully saturated rings. The van der Waals surface area contributed by atoms with Gasteiger partial charge in [-0.1, -0.05) is 64.8 Å². The molecule has 0 radical (unpaired) electrons. The molecule has 0 spiro atoms. The van der Waals surface area contributed by atoms with E-state index >= 15 is 0 Å². The average Bonchev–Trinajstić information content (AvgIpc) is 2.24. The number of hydrogen-bond acceptors (Lipinski definition) is 0. The average molecular weight is 234 g/mol. The van der Waals surface area contributed by atoms with Crippen LogP contribution in [0.3, 0.4) is 0 Å². The zero-order valence-corrected chi connectivity index (χ0v) is 12.5. The minimum atomic E-state index is 0.179. The van der Waals surface area contributed by atoms with Crippen molar-refractivity contribution < 1.29 is 0 Å². The molecule has 0 heteroatoms. The van der Waals surface area contributed by atoms with E-state index in [1.807, 2.05) is 6.08 Å². The topological polar surface area (TPSA) is 0 Å². The van der Waals surface area contributed by atoms with Gasteiger partial charge >= 0.3 is 0 Å². The predicted octanol–water partition coefficient (Wildman–Crippen LogP) is 5.92. The lowest BCUT2D eigenvalue weighted by Gasteiger charge is -2.32. The number of rotatable bonds is 8. The Balaban J connectivity index is 5.01. The lowest BCUT2D eigenvalue weighted by atomic mass is 9.73. The van der Waals surface area contributed by atoms with Crippen LogP contribution >= 0.6 is 0 Å². The first kappa shape index (κ1) is 16.2. The molecular formula is C17H30. The summed E-state index contributed by atoms with van der Waals surface area (Å²) in [7, 11) is 0. The molecule has 0 saturated carbocycles. The lowest BCUT2D eigenvalue weighted by molar-refractivity contribution is 0.374. The predicted molar refractivity (Wildman–Crippen MR) is 80.2 cm³/mol. The molecule has 0 saturated heterocycles. The molecule has 0 N–H and O–H groups in total. The zero-order valence-electron chi connectivity index (χ0n) is 12.5. The van der Waals surface area contributed by atoms with E-state index in [-0.39, 0.29) is 10.8 Å². The summed E-state index contributed by atoms with van der Waals surface area (Å²) in [5.74, 6) is 0. The van der Waals surface area contributed by atoms with Gasteiger partial charge in [0.1, 0.15) is 0 Å². The van der Waals surface area contributed by atoms with Gasteiger partial charge in [-0.2, -0.15) is 0 Å². The Morgan fingerprint density at radius 2 is 1.71 bits per heavy atom. The molecule has 0 aromatic carbocycles. The summed E-state index contributed by atoms with van der Waals surface area (Å²) < 4.78 is 0. The lowest BCUT2D eigenvalue weighted by Crippen LogP contribution is -2.19. The third-order valence-corrected chi connectivity index (χ3v) is 3.40. The summed E-state index contributed by atoms with van der Waals surface area (Å²) in [6.45, 7) is 19.2. The summed E-state index contributed by atoms with van der Waals surface area (Å²) in [4.78, 5) is 0. The highest BCUT2D eigenvalue weighted by Gasteiger charge is 2.26. The summed E-state index contributed by atoms with van der Waals surface area (Å²) in [6, 6.07) is 0. The van der Waals surface area contributed by atoms with Gasteiger partial charge in [0.2, 0.25) is 0 Å². The van der Waals surface area contributed by atoms with Gasteiger partial charge in [-0.25, -0.2) is 0 Å². The molecule has 0 aliphatic carbocycles. The van der Waals surface area contributed by atoms with Crippen molar-refractivity contribution in [2.45, 2.75) is 60.3 Å². The fourth-order valence-electron chi connectivity index (χ4n) is 1.96. The van der Waals surface area contributed by atoms with Crippen molar-refractivity contribution in [3.8, 4) is 0 Å². The van der Waals surface area contributed by atoms with E-state index in [0.717, 1.165) is 12.8 Å². The van der Waals surface area contributed by atoms with Crippen LogP contribution in [0.4, 0.5) is 0 Å². The number of hydrogen-bond donors (Lipinski definition) is 0. The molecule has 0 aromatic heterocycles. The molecule has 0 amide bonds. The fraction of sp³-hybridized carbons (Fsp3) is 0.647. The Morgan fingerprint density at radius 3 is 2.12 bits per heavy atom. The first-order valence-corrected chi connectivity index (χ1v) is 6.73. The van der Waals surface area contributed by atoms with E-state index in [2.05, 4.69) is 59.9 Å². The smallest absolute Gasteiger partial charge is 0.0110 e. The van der Waals surface area contributed by atoms with Crippen molar-refractivity contribution in [3.05, 3.63) is 37.0 Å². The molecule has 0 atom stereocenters. The van der Waals surface area contributed by atoms with Crippen LogP contribution < -0.4 is 0 Å². The Morgan fingerprint density at radius 1 is 1.12 bits per heavy atom. The van der Waals surface area contributed by atoms with E-state index in [1.165, 1.54) is 12.8 Å². The van der Waals surface area contributed by atoms with E-state index in [0.29, 0.717) is 0 Å². The molecular weight excluding hydrogens is 204 g/mol. The third-order valence-electron chi connectivity index (χ3n) is 3.40. The van der Waals surface area contributed by atoms with Crippen LogP contribution in [0.2, 0.25) is 0 Å². The van der Waals surface area contributed by atoms with Crippen molar-refractivity contribution >= 4 is 0 Å². The standard InChI is InChI=1S/C17H30/c1-8-11-12-15(14-16(4,5)10-3)17(6,7)13-9-2/h9-10,12H,2-3,8,11,13-14H2,1,4-7H3. The minimum absolute atomic E-state index is 0.179. The van der Waals surface area contributed by atoms with Gasteiger partial charge < -0.3 is 0 Å². The highest BCUT2D eigenvalue weighted by Crippen LogP contribution is 2.39. The van der Waals surface area contributed by atoms with Crippen LogP contribution in [-0.2, 0) is 0 Å². The van der Waals surface area contributed by atoms with Gasteiger partial charge in [0.25, 0.3) is 0 Å². The van der Waals surface area contributed by atoms with E-state index < -0.39 is 0 Å². The highest BCUT2D eigenvalue weighted by atomic mass is 14.3. The summed E-state index contributed by atoms with van der Waals surface area (Å²) in [5, 5.41) is 0. The minimum Gasteiger partial charge on any atom is -0.103 e. The summed E-state index contributed by atoms with van der Waals surface area (Å²) >= 11 is 0. The first-order chi connectivity index (χ1) is 7.79. The van der Waals surface area contributed by atoms with E-state index in [1.54, 1.807) is 5.57 Å². The third kappa shape index (κ3) is 5.91. The molecule has 0 rings (SSSR count). The Hall–Kier alpha value is -0.780. The van der Waals surface area contributed by atoms with Crippen LogP contribution in [0.15, 0.2) is 37.0 Å². The molecule has 98 valence electrons. The SMILES string of the molecule is C=CCC(C)(C)C(=CCCC)CC(C)(C)C=C. The van der Waals surface area contributed by atoms with Crippen LogP contribution in [-0.4, -0.2) is 0 Å². The van der Waals surface area contributed by atoms with Gasteiger partial charge in [-0.15, -0.1) is 13.2 Å². The van der Waals surface area contributed by atoms with E-state index in [9.17, 15) is 0 Å². The van der Waals surface area contributed by atoms with Crippen molar-refractivity contribution in [1.29, 1.82) is 0 Å². The highest BCUT2D eigenvalue weighted by molar-refractivity contribution is 5.17. The van der Waals surface area contributed by atoms with Gasteiger partial charge in [-0.3, -0.25) is 0 Å². The van der Waals surface area contributed by atoms with Crippen molar-refractivity contribution in [3.63, 3.8) is 0 Å². The number of unbranched alkanes of at least 4 members (excludes halogenated alkanes) is 1. The fourth-order valence-corrected chi connectivity index (χ4v) is 1.96. The zero-order chi connectivity index (χ0) is 13.5. The molecule has 17 heavy (non-hydrogen) atoms. The molecule has 0 aliphatic heterocycles. The van der Waals surface area contributed by atoms with E-state index in [4.69, 9.17) is 0 Å². The summed E-state index contributed by atoms with van der Waals surface area (Å²) in [6.07, 6.45) is 11.0. The normalized spacial score (nSPS) is 13.6. The second-order valence-electron chi connectivity index (χ2n) is 6.26. The van der Waals surface area contributed by atoms with Gasteiger partial charge in [0.15, 0.2) is 0 Å². The van der Waals surface area contributed by atoms with Crippen LogP contribution in [0.1, 0.15) is 60.3 Å². The number of allylic oxidation sites excluding steroid dienone is 4. The largest absolute Gasteiger partial charge is 0.103 e. The second kappa shape index (κ2) is 6.83. The maximum Gasteiger partial charge on any atom is -0.0110 e. The van der Waals surface area contributed by atoms with Crippen molar-refractivity contribution in [1.82, 2.24) is 0 Å². The quantitative estimate of drug-likeness (QED) is 0.457.